The third-order valence-corrected chi connectivity index (χ3v) is 5.26. The van der Waals surface area contributed by atoms with E-state index in [0.717, 1.165) is 0 Å². The Bertz CT molecular complexity index is 668. The highest BCUT2D eigenvalue weighted by molar-refractivity contribution is 7.88. The monoisotopic (exact) mass is 353 g/mol. The third-order valence-electron chi connectivity index (χ3n) is 3.96. The fourth-order valence-corrected chi connectivity index (χ4v) is 3.49. The topological polar surface area (TPSA) is 95.6 Å². The molecule has 1 aliphatic rings. The molecule has 0 spiro atoms. The van der Waals surface area contributed by atoms with Crippen molar-refractivity contribution in [3.63, 3.8) is 0 Å². The molecule has 8 heteroatoms. The number of amides is 2. The molecular formula is C16H23N3O4S. The summed E-state index contributed by atoms with van der Waals surface area (Å²) >= 11 is 0. The Morgan fingerprint density at radius 1 is 1.17 bits per heavy atom. The number of benzene rings is 1. The quantitative estimate of drug-likeness (QED) is 0.771. The van der Waals surface area contributed by atoms with E-state index < -0.39 is 10.0 Å². The lowest BCUT2D eigenvalue weighted by Gasteiger charge is -2.30. The number of hydrogen-bond donors (Lipinski definition) is 2. The van der Waals surface area contributed by atoms with Gasteiger partial charge in [0.15, 0.2) is 0 Å². The molecule has 7 nitrogen and oxygen atoms in total. The maximum absolute atomic E-state index is 11.9. The highest BCUT2D eigenvalue weighted by Crippen LogP contribution is 2.13. The molecule has 1 aromatic carbocycles. The van der Waals surface area contributed by atoms with Crippen molar-refractivity contribution >= 4 is 21.8 Å². The average Bonchev–Trinajstić information content (AvgIpc) is 2.55. The van der Waals surface area contributed by atoms with Crippen molar-refractivity contribution in [3.8, 4) is 0 Å². The van der Waals surface area contributed by atoms with Crippen molar-refractivity contribution in [3.05, 3.63) is 35.9 Å². The van der Waals surface area contributed by atoms with E-state index in [9.17, 15) is 18.0 Å². The number of carbonyl (C=O) groups excluding carboxylic acids is 2. The van der Waals surface area contributed by atoms with Gasteiger partial charge in [-0.05, 0) is 25.0 Å². The maximum Gasteiger partial charge on any atom is 0.251 e. The van der Waals surface area contributed by atoms with Gasteiger partial charge in [0.2, 0.25) is 15.9 Å². The van der Waals surface area contributed by atoms with Gasteiger partial charge in [-0.25, -0.2) is 12.7 Å². The van der Waals surface area contributed by atoms with Crippen molar-refractivity contribution in [2.75, 3.05) is 25.9 Å². The Kier molecular flexibility index (Phi) is 6.33. The molecule has 0 unspecified atom stereocenters. The normalized spacial score (nSPS) is 16.5. The highest BCUT2D eigenvalue weighted by atomic mass is 32.2. The van der Waals surface area contributed by atoms with Crippen LogP contribution in [0.15, 0.2) is 30.3 Å². The average molecular weight is 353 g/mol. The zero-order chi connectivity index (χ0) is 17.6. The number of sulfonamides is 1. The highest BCUT2D eigenvalue weighted by Gasteiger charge is 2.25. The first-order valence-corrected chi connectivity index (χ1v) is 9.79. The molecular weight excluding hydrogens is 330 g/mol. The van der Waals surface area contributed by atoms with Crippen LogP contribution in [0.5, 0.6) is 0 Å². The van der Waals surface area contributed by atoms with Gasteiger partial charge in [0.05, 0.1) is 6.26 Å². The van der Waals surface area contributed by atoms with Crippen LogP contribution in [0.1, 0.15) is 29.6 Å². The summed E-state index contributed by atoms with van der Waals surface area (Å²) in [7, 11) is -3.15. The van der Waals surface area contributed by atoms with Crippen LogP contribution in [-0.2, 0) is 14.8 Å². The second-order valence-electron chi connectivity index (χ2n) is 5.88. The van der Waals surface area contributed by atoms with Gasteiger partial charge in [-0.3, -0.25) is 9.59 Å². The van der Waals surface area contributed by atoms with Crippen LogP contribution in [0.3, 0.4) is 0 Å². The Balaban J connectivity index is 1.66. The van der Waals surface area contributed by atoms with E-state index in [1.807, 2.05) is 6.07 Å². The van der Waals surface area contributed by atoms with Gasteiger partial charge in [0, 0.05) is 37.7 Å². The molecule has 1 saturated heterocycles. The van der Waals surface area contributed by atoms with Gasteiger partial charge < -0.3 is 10.6 Å². The first-order valence-electron chi connectivity index (χ1n) is 7.94. The van der Waals surface area contributed by atoms with E-state index in [-0.39, 0.29) is 30.8 Å². The summed E-state index contributed by atoms with van der Waals surface area (Å²) in [6, 6.07) is 8.81. The van der Waals surface area contributed by atoms with Crippen molar-refractivity contribution in [1.82, 2.24) is 14.9 Å². The first-order chi connectivity index (χ1) is 11.4. The molecule has 132 valence electrons. The summed E-state index contributed by atoms with van der Waals surface area (Å²) in [5, 5.41) is 5.60. The molecule has 2 amide bonds. The predicted molar refractivity (Wildman–Crippen MR) is 91.0 cm³/mol. The largest absolute Gasteiger partial charge is 0.353 e. The molecule has 0 atom stereocenters. The lowest BCUT2D eigenvalue weighted by Crippen LogP contribution is -2.46. The van der Waals surface area contributed by atoms with Crippen LogP contribution >= 0.6 is 0 Å². The molecule has 0 radical (unpaired) electrons. The van der Waals surface area contributed by atoms with Gasteiger partial charge in [0.1, 0.15) is 0 Å². The number of carbonyl (C=O) groups is 2. The zero-order valence-corrected chi connectivity index (χ0v) is 14.5. The van der Waals surface area contributed by atoms with Crippen LogP contribution in [-0.4, -0.2) is 56.5 Å². The van der Waals surface area contributed by atoms with Crippen molar-refractivity contribution in [2.45, 2.75) is 25.3 Å². The minimum Gasteiger partial charge on any atom is -0.353 e. The molecule has 0 aliphatic carbocycles. The van der Waals surface area contributed by atoms with Gasteiger partial charge in [0.25, 0.3) is 5.91 Å². The Labute approximate surface area is 142 Å². The van der Waals surface area contributed by atoms with Crippen LogP contribution in [0, 0.1) is 0 Å². The fourth-order valence-electron chi connectivity index (χ4n) is 2.61. The Hall–Kier alpha value is -1.93. The van der Waals surface area contributed by atoms with E-state index in [1.54, 1.807) is 24.3 Å². The summed E-state index contributed by atoms with van der Waals surface area (Å²) in [5.41, 5.74) is 0.561. The molecule has 1 fully saturated rings. The van der Waals surface area contributed by atoms with E-state index in [4.69, 9.17) is 0 Å². The van der Waals surface area contributed by atoms with Crippen molar-refractivity contribution in [1.29, 1.82) is 0 Å². The zero-order valence-electron chi connectivity index (χ0n) is 13.7. The second-order valence-corrected chi connectivity index (χ2v) is 7.86. The minimum absolute atomic E-state index is 0.0136. The fraction of sp³-hybridized carbons (Fsp3) is 0.500. The second kappa shape index (κ2) is 8.25. The van der Waals surface area contributed by atoms with E-state index >= 15 is 0 Å². The van der Waals surface area contributed by atoms with Crippen LogP contribution in [0.2, 0.25) is 0 Å². The molecule has 0 aromatic heterocycles. The summed E-state index contributed by atoms with van der Waals surface area (Å²) in [6.07, 6.45) is 2.61. The summed E-state index contributed by atoms with van der Waals surface area (Å²) in [5.74, 6) is -0.342. The summed E-state index contributed by atoms with van der Waals surface area (Å²) < 4.78 is 24.3. The lowest BCUT2D eigenvalue weighted by atomic mass is 10.1. The Morgan fingerprint density at radius 2 is 1.79 bits per heavy atom. The van der Waals surface area contributed by atoms with Gasteiger partial charge in [-0.2, -0.15) is 0 Å². The van der Waals surface area contributed by atoms with Crippen molar-refractivity contribution < 1.29 is 18.0 Å². The number of hydrogen-bond acceptors (Lipinski definition) is 4. The lowest BCUT2D eigenvalue weighted by molar-refractivity contribution is -0.121. The SMILES string of the molecule is CS(=O)(=O)N1CCC(NC(=O)CCNC(=O)c2ccccc2)CC1. The molecule has 1 heterocycles. The van der Waals surface area contributed by atoms with Gasteiger partial charge in [-0.15, -0.1) is 0 Å². The predicted octanol–water partition coefficient (Wildman–Crippen LogP) is 0.347. The van der Waals surface area contributed by atoms with Crippen LogP contribution < -0.4 is 10.6 Å². The molecule has 1 aliphatic heterocycles. The molecule has 1 aromatic rings. The molecule has 2 N–H and O–H groups in total. The standard InChI is InChI=1S/C16H23N3O4S/c1-24(22,23)19-11-8-14(9-12-19)18-15(20)7-10-17-16(21)13-5-3-2-4-6-13/h2-6,14H,7-12H2,1H3,(H,17,21)(H,18,20). The number of rotatable bonds is 6. The van der Waals surface area contributed by atoms with Crippen molar-refractivity contribution in [2.24, 2.45) is 0 Å². The number of piperidine rings is 1. The number of nitrogens with one attached hydrogen (secondary N) is 2. The van der Waals surface area contributed by atoms with E-state index in [2.05, 4.69) is 10.6 Å². The van der Waals surface area contributed by atoms with Crippen LogP contribution in [0.25, 0.3) is 0 Å². The van der Waals surface area contributed by atoms with E-state index in [0.29, 0.717) is 31.5 Å². The molecule has 0 saturated carbocycles. The van der Waals surface area contributed by atoms with Crippen LogP contribution in [0.4, 0.5) is 0 Å². The summed E-state index contributed by atoms with van der Waals surface area (Å²) in [6.45, 7) is 1.12. The Morgan fingerprint density at radius 3 is 2.38 bits per heavy atom. The third kappa shape index (κ3) is 5.61. The molecule has 0 bridgehead atoms. The van der Waals surface area contributed by atoms with Gasteiger partial charge in [-0.1, -0.05) is 18.2 Å². The minimum atomic E-state index is -3.15. The molecule has 2 rings (SSSR count). The number of nitrogens with zero attached hydrogens (tertiary/aromatic N) is 1. The van der Waals surface area contributed by atoms with Gasteiger partial charge >= 0.3 is 0 Å². The molecule has 24 heavy (non-hydrogen) atoms. The smallest absolute Gasteiger partial charge is 0.251 e. The van der Waals surface area contributed by atoms with E-state index in [1.165, 1.54) is 10.6 Å². The maximum atomic E-state index is 11.9. The summed E-state index contributed by atoms with van der Waals surface area (Å²) in [4.78, 5) is 23.8. The first kappa shape index (κ1) is 18.4.